The molecule has 0 spiro atoms. The van der Waals surface area contributed by atoms with E-state index >= 15 is 0 Å². The van der Waals surface area contributed by atoms with Crippen LogP contribution in [0.2, 0.25) is 0 Å². The Morgan fingerprint density at radius 1 is 1.12 bits per heavy atom. The number of anilines is 1. The van der Waals surface area contributed by atoms with E-state index in [1.807, 2.05) is 0 Å². The number of hydrogen-bond acceptors (Lipinski definition) is 5. The van der Waals surface area contributed by atoms with E-state index in [9.17, 15) is 15.4 Å². The van der Waals surface area contributed by atoms with E-state index in [2.05, 4.69) is 11.0 Å². The number of nitro groups is 1. The molecule has 1 aromatic carbocycles. The highest BCUT2D eigenvalue weighted by Gasteiger charge is 2.25. The minimum Gasteiger partial charge on any atom is -0.375 e. The molecule has 1 aliphatic carbocycles. The molecule has 3 rings (SSSR count). The summed E-state index contributed by atoms with van der Waals surface area (Å²) in [6.07, 6.45) is 8.85. The van der Waals surface area contributed by atoms with E-state index in [0.29, 0.717) is 17.8 Å². The molecule has 0 N–H and O–H groups in total. The van der Waals surface area contributed by atoms with Crippen LogP contribution in [0.4, 0.5) is 11.4 Å². The van der Waals surface area contributed by atoms with Gasteiger partial charge in [0, 0.05) is 25.2 Å². The van der Waals surface area contributed by atoms with Crippen molar-refractivity contribution in [3.63, 3.8) is 0 Å². The van der Waals surface area contributed by atoms with Gasteiger partial charge in [-0.05, 0) is 31.7 Å². The molecule has 1 aromatic rings. The molecule has 2 aliphatic rings. The number of piperidine rings is 1. The molecule has 128 valence electrons. The van der Waals surface area contributed by atoms with Gasteiger partial charge in [0.15, 0.2) is 0 Å². The fraction of sp³-hybridized carbons (Fsp3) is 0.611. The van der Waals surface area contributed by atoms with Crippen LogP contribution in [0, 0.1) is 21.4 Å². The number of rotatable bonds is 4. The van der Waals surface area contributed by atoms with Gasteiger partial charge in [-0.25, -0.2) is 0 Å². The third kappa shape index (κ3) is 3.85. The molecule has 0 aromatic heterocycles. The largest absolute Gasteiger partial charge is 0.375 e. The highest BCUT2D eigenvalue weighted by molar-refractivity contribution is 5.63. The fourth-order valence-corrected chi connectivity index (χ4v) is 3.71. The summed E-state index contributed by atoms with van der Waals surface area (Å²) in [6.45, 7) is 1.65. The van der Waals surface area contributed by atoms with Crippen LogP contribution in [0.5, 0.6) is 0 Å². The summed E-state index contributed by atoms with van der Waals surface area (Å²) in [5.41, 5.74) is 1.13. The lowest BCUT2D eigenvalue weighted by molar-refractivity contribution is -0.384. The first kappa shape index (κ1) is 16.7. The van der Waals surface area contributed by atoms with Crippen molar-refractivity contribution < 1.29 is 9.66 Å². The molecule has 1 saturated carbocycles. The van der Waals surface area contributed by atoms with Crippen LogP contribution in [0.3, 0.4) is 0 Å². The van der Waals surface area contributed by atoms with Gasteiger partial charge in [0.2, 0.25) is 0 Å². The molecule has 0 amide bonds. The number of ether oxygens (including phenoxy) is 1. The van der Waals surface area contributed by atoms with E-state index in [1.54, 1.807) is 6.07 Å². The molecule has 1 aliphatic heterocycles. The van der Waals surface area contributed by atoms with Crippen LogP contribution in [0.25, 0.3) is 0 Å². The summed E-state index contributed by atoms with van der Waals surface area (Å²) in [4.78, 5) is 12.5. The van der Waals surface area contributed by atoms with Crippen LogP contribution in [-0.2, 0) is 4.74 Å². The highest BCUT2D eigenvalue weighted by atomic mass is 16.6. The Hall–Kier alpha value is -2.13. The zero-order chi connectivity index (χ0) is 16.9. The summed E-state index contributed by atoms with van der Waals surface area (Å²) in [5, 5.41) is 20.2. The first-order valence-corrected chi connectivity index (χ1v) is 8.76. The van der Waals surface area contributed by atoms with Gasteiger partial charge >= 0.3 is 0 Å². The van der Waals surface area contributed by atoms with E-state index in [4.69, 9.17) is 4.74 Å². The van der Waals surface area contributed by atoms with Gasteiger partial charge in [-0.2, -0.15) is 5.26 Å². The Labute approximate surface area is 142 Å². The summed E-state index contributed by atoms with van der Waals surface area (Å²) in [5.74, 6) is 0. The molecule has 24 heavy (non-hydrogen) atoms. The number of nitro benzene ring substituents is 1. The van der Waals surface area contributed by atoms with Crippen LogP contribution < -0.4 is 4.90 Å². The van der Waals surface area contributed by atoms with Crippen LogP contribution >= 0.6 is 0 Å². The monoisotopic (exact) mass is 329 g/mol. The number of nitrogens with zero attached hydrogens (tertiary/aromatic N) is 3. The Morgan fingerprint density at radius 2 is 1.79 bits per heavy atom. The third-order valence-electron chi connectivity index (χ3n) is 5.03. The van der Waals surface area contributed by atoms with E-state index in [0.717, 1.165) is 31.6 Å². The summed E-state index contributed by atoms with van der Waals surface area (Å²) < 4.78 is 6.24. The van der Waals surface area contributed by atoms with Crippen molar-refractivity contribution in [2.45, 2.75) is 57.2 Å². The average Bonchev–Trinajstić information content (AvgIpc) is 2.62. The van der Waals surface area contributed by atoms with Gasteiger partial charge in [-0.15, -0.1) is 0 Å². The minimum absolute atomic E-state index is 0.0363. The molecule has 2 fully saturated rings. The zero-order valence-electron chi connectivity index (χ0n) is 13.8. The molecular weight excluding hydrogens is 306 g/mol. The molecule has 0 radical (unpaired) electrons. The quantitative estimate of drug-likeness (QED) is 0.620. The minimum atomic E-state index is -0.463. The van der Waals surface area contributed by atoms with Gasteiger partial charge in [0.05, 0.1) is 28.4 Å². The second-order valence-corrected chi connectivity index (χ2v) is 6.65. The van der Waals surface area contributed by atoms with Crippen LogP contribution in [0.15, 0.2) is 18.2 Å². The number of benzene rings is 1. The van der Waals surface area contributed by atoms with Crippen molar-refractivity contribution in [2.75, 3.05) is 18.0 Å². The van der Waals surface area contributed by atoms with Crippen LogP contribution in [0.1, 0.15) is 50.5 Å². The highest BCUT2D eigenvalue weighted by Crippen LogP contribution is 2.29. The topological polar surface area (TPSA) is 79.4 Å². The molecule has 0 atom stereocenters. The lowest BCUT2D eigenvalue weighted by atomic mass is 9.97. The van der Waals surface area contributed by atoms with Gasteiger partial charge in [0.25, 0.3) is 5.69 Å². The first-order valence-electron chi connectivity index (χ1n) is 8.76. The van der Waals surface area contributed by atoms with Crippen molar-refractivity contribution in [3.05, 3.63) is 33.9 Å². The van der Waals surface area contributed by atoms with E-state index in [-0.39, 0.29) is 5.69 Å². The predicted octanol–water partition coefficient (Wildman–Crippen LogP) is 3.78. The van der Waals surface area contributed by atoms with Crippen LogP contribution in [-0.4, -0.2) is 30.2 Å². The number of nitriles is 1. The molecular formula is C18H23N3O3. The second kappa shape index (κ2) is 7.63. The number of hydrogen-bond donors (Lipinski definition) is 0. The summed E-state index contributed by atoms with van der Waals surface area (Å²) in [7, 11) is 0. The molecule has 1 saturated heterocycles. The smallest absolute Gasteiger partial charge is 0.270 e. The van der Waals surface area contributed by atoms with Crippen molar-refractivity contribution in [1.29, 1.82) is 5.26 Å². The van der Waals surface area contributed by atoms with Crippen molar-refractivity contribution in [2.24, 2.45) is 0 Å². The maximum atomic E-state index is 10.9. The Morgan fingerprint density at radius 3 is 2.42 bits per heavy atom. The van der Waals surface area contributed by atoms with Crippen molar-refractivity contribution >= 4 is 11.4 Å². The first-order chi connectivity index (χ1) is 11.7. The van der Waals surface area contributed by atoms with Crippen molar-refractivity contribution in [3.8, 4) is 6.07 Å². The maximum Gasteiger partial charge on any atom is 0.270 e. The Kier molecular flexibility index (Phi) is 5.31. The second-order valence-electron chi connectivity index (χ2n) is 6.65. The summed E-state index contributed by atoms with van der Waals surface area (Å²) >= 11 is 0. The van der Waals surface area contributed by atoms with E-state index < -0.39 is 4.92 Å². The lowest BCUT2D eigenvalue weighted by Gasteiger charge is -2.36. The predicted molar refractivity (Wildman–Crippen MR) is 91.0 cm³/mol. The zero-order valence-corrected chi connectivity index (χ0v) is 13.8. The average molecular weight is 329 g/mol. The normalized spacial score (nSPS) is 19.9. The third-order valence-corrected chi connectivity index (χ3v) is 5.03. The molecule has 0 bridgehead atoms. The Bertz CT molecular complexity index is 627. The van der Waals surface area contributed by atoms with Gasteiger partial charge in [0.1, 0.15) is 6.07 Å². The standard InChI is InChI=1S/C18H23N3O3/c19-13-14-12-15(21(22)23)6-7-18(14)20-10-8-17(9-11-20)24-16-4-2-1-3-5-16/h6-7,12,16-17H,1-5,8-11H2. The maximum absolute atomic E-state index is 10.9. The number of non-ortho nitro benzene ring substituents is 1. The molecule has 1 heterocycles. The van der Waals surface area contributed by atoms with Gasteiger partial charge < -0.3 is 9.64 Å². The summed E-state index contributed by atoms with van der Waals surface area (Å²) in [6, 6.07) is 6.62. The molecule has 6 heteroatoms. The van der Waals surface area contributed by atoms with E-state index in [1.165, 1.54) is 44.2 Å². The SMILES string of the molecule is N#Cc1cc([N+](=O)[O-])ccc1N1CCC(OC2CCCCC2)CC1. The fourth-order valence-electron chi connectivity index (χ4n) is 3.71. The lowest BCUT2D eigenvalue weighted by Crippen LogP contribution is -2.39. The Balaban J connectivity index is 1.60. The molecule has 6 nitrogen and oxygen atoms in total. The van der Waals surface area contributed by atoms with Gasteiger partial charge in [-0.3, -0.25) is 10.1 Å². The molecule has 0 unspecified atom stereocenters. The van der Waals surface area contributed by atoms with Crippen molar-refractivity contribution in [1.82, 2.24) is 0 Å². The van der Waals surface area contributed by atoms with Gasteiger partial charge in [-0.1, -0.05) is 19.3 Å².